The average molecular weight is 339 g/mol. The molecule has 0 atom stereocenters. The van der Waals surface area contributed by atoms with Crippen molar-refractivity contribution < 1.29 is 9.18 Å². The molecule has 1 aromatic heterocycles. The largest absolute Gasteiger partial charge is 0.369 e. The Kier molecular flexibility index (Phi) is 3.35. The molecule has 1 aliphatic rings. The van der Waals surface area contributed by atoms with Gasteiger partial charge in [0.25, 0.3) is 0 Å². The maximum atomic E-state index is 14.3. The van der Waals surface area contributed by atoms with Gasteiger partial charge in [0.2, 0.25) is 0 Å². The summed E-state index contributed by atoms with van der Waals surface area (Å²) in [7, 11) is 0. The van der Waals surface area contributed by atoms with E-state index in [9.17, 15) is 9.18 Å². The van der Waals surface area contributed by atoms with Crippen LogP contribution in [0.25, 0.3) is 10.8 Å². The minimum atomic E-state index is -0.980. The van der Waals surface area contributed by atoms with E-state index in [1.54, 1.807) is 10.6 Å². The number of carbonyl (C=O) groups excluding carboxylic acids is 1. The second-order valence-electron chi connectivity index (χ2n) is 4.89. The zero-order valence-electron chi connectivity index (χ0n) is 11.4. The van der Waals surface area contributed by atoms with Crippen LogP contribution in [0.5, 0.6) is 0 Å². The summed E-state index contributed by atoms with van der Waals surface area (Å²) in [5.74, 6) is -0.885. The molecule has 2 N–H and O–H groups in total. The van der Waals surface area contributed by atoms with Gasteiger partial charge >= 0.3 is 0 Å². The van der Waals surface area contributed by atoms with Crippen molar-refractivity contribution in [2.24, 2.45) is 0 Å². The summed E-state index contributed by atoms with van der Waals surface area (Å²) in [6, 6.07) is 1.66. The number of benzene rings is 1. The highest BCUT2D eigenvalue weighted by Crippen LogP contribution is 2.39. The number of ketones is 1. The average Bonchev–Trinajstić information content (AvgIpc) is 2.94. The van der Waals surface area contributed by atoms with E-state index >= 15 is 0 Å². The van der Waals surface area contributed by atoms with Crippen molar-refractivity contribution in [1.29, 1.82) is 10.7 Å². The van der Waals surface area contributed by atoms with Crippen molar-refractivity contribution in [2.45, 2.75) is 13.5 Å². The summed E-state index contributed by atoms with van der Waals surface area (Å²) in [5, 5.41) is 20.0. The number of fused-ring (bicyclic) bond motifs is 2. The van der Waals surface area contributed by atoms with Gasteiger partial charge in [0.1, 0.15) is 22.9 Å². The molecule has 8 heteroatoms. The van der Waals surface area contributed by atoms with E-state index in [1.165, 1.54) is 6.92 Å². The molecule has 1 aliphatic heterocycles. The SMILES string of the molecule is CC(=O)c1c2n(c(=N)c3c(Cl)c(C#N)c(F)c(Cl)c13)CCN2. The standard InChI is InChI=1S/C14H9Cl2FN4O/c1-5(22)7-8-9(13(19)21-3-2-20-14(7)21)10(15)6(4-18)12(17)11(8)16/h19-20H,2-3H2,1H3. The molecule has 22 heavy (non-hydrogen) atoms. The van der Waals surface area contributed by atoms with Crippen molar-refractivity contribution in [1.82, 2.24) is 4.57 Å². The van der Waals surface area contributed by atoms with E-state index in [1.807, 2.05) is 0 Å². The zero-order chi connectivity index (χ0) is 16.2. The predicted molar refractivity (Wildman–Crippen MR) is 81.0 cm³/mol. The highest BCUT2D eigenvalue weighted by Gasteiger charge is 2.28. The topological polar surface area (TPSA) is 81.7 Å². The van der Waals surface area contributed by atoms with Gasteiger partial charge in [0.05, 0.1) is 15.6 Å². The van der Waals surface area contributed by atoms with E-state index < -0.39 is 11.4 Å². The third kappa shape index (κ3) is 1.76. The van der Waals surface area contributed by atoms with Crippen molar-refractivity contribution >= 4 is 45.6 Å². The second kappa shape index (κ2) is 4.97. The number of Topliss-reactive ketones (excluding diaryl/α,β-unsaturated/α-hetero) is 1. The van der Waals surface area contributed by atoms with Gasteiger partial charge in [0.15, 0.2) is 11.6 Å². The van der Waals surface area contributed by atoms with Crippen molar-refractivity contribution in [3.63, 3.8) is 0 Å². The van der Waals surface area contributed by atoms with Crippen LogP contribution in [0.3, 0.4) is 0 Å². The molecule has 0 amide bonds. The minimum absolute atomic E-state index is 0.0107. The Bertz CT molecular complexity index is 959. The van der Waals surface area contributed by atoms with Crippen LogP contribution in [0.4, 0.5) is 10.2 Å². The first kappa shape index (κ1) is 14.8. The third-order valence-corrected chi connectivity index (χ3v) is 4.41. The molecule has 0 saturated heterocycles. The molecule has 2 heterocycles. The Balaban J connectivity index is 2.71. The lowest BCUT2D eigenvalue weighted by Crippen LogP contribution is -2.22. The van der Waals surface area contributed by atoms with E-state index in [-0.39, 0.29) is 37.7 Å². The highest BCUT2D eigenvalue weighted by atomic mass is 35.5. The molecule has 2 aromatic rings. The number of nitrogens with zero attached hydrogens (tertiary/aromatic N) is 2. The lowest BCUT2D eigenvalue weighted by atomic mass is 10.0. The molecule has 0 aliphatic carbocycles. The first-order chi connectivity index (χ1) is 10.4. The predicted octanol–water partition coefficient (Wildman–Crippen LogP) is 3.07. The molecule has 0 spiro atoms. The van der Waals surface area contributed by atoms with Gasteiger partial charge in [-0.3, -0.25) is 10.2 Å². The molecular weight excluding hydrogens is 330 g/mol. The summed E-state index contributed by atoms with van der Waals surface area (Å²) in [4.78, 5) is 12.1. The Hall–Kier alpha value is -2.10. The molecule has 5 nitrogen and oxygen atoms in total. The van der Waals surface area contributed by atoms with Crippen LogP contribution in [-0.2, 0) is 6.54 Å². The Morgan fingerprint density at radius 3 is 2.68 bits per heavy atom. The fraction of sp³-hybridized carbons (Fsp3) is 0.214. The van der Waals surface area contributed by atoms with Gasteiger partial charge in [-0.15, -0.1) is 0 Å². The van der Waals surface area contributed by atoms with Crippen LogP contribution < -0.4 is 10.8 Å². The number of rotatable bonds is 1. The van der Waals surface area contributed by atoms with Crippen molar-refractivity contribution in [2.75, 3.05) is 11.9 Å². The quantitative estimate of drug-likeness (QED) is 0.619. The van der Waals surface area contributed by atoms with Crippen LogP contribution in [-0.4, -0.2) is 16.9 Å². The highest BCUT2D eigenvalue weighted by molar-refractivity contribution is 6.42. The summed E-state index contributed by atoms with van der Waals surface area (Å²) in [6.07, 6.45) is 0. The van der Waals surface area contributed by atoms with Crippen LogP contribution in [0.2, 0.25) is 10.0 Å². The Morgan fingerprint density at radius 1 is 1.41 bits per heavy atom. The maximum absolute atomic E-state index is 14.3. The fourth-order valence-electron chi connectivity index (χ4n) is 2.75. The van der Waals surface area contributed by atoms with Crippen LogP contribution in [0, 0.1) is 22.6 Å². The van der Waals surface area contributed by atoms with E-state index in [0.29, 0.717) is 18.9 Å². The maximum Gasteiger partial charge on any atom is 0.164 e. The Morgan fingerprint density at radius 2 is 2.09 bits per heavy atom. The van der Waals surface area contributed by atoms with E-state index in [0.717, 1.165) is 0 Å². The lowest BCUT2D eigenvalue weighted by molar-refractivity contribution is 0.101. The minimum Gasteiger partial charge on any atom is -0.369 e. The number of hydrogen-bond acceptors (Lipinski definition) is 4. The zero-order valence-corrected chi connectivity index (χ0v) is 12.9. The van der Waals surface area contributed by atoms with Gasteiger partial charge in [0, 0.05) is 23.9 Å². The first-order valence-electron chi connectivity index (χ1n) is 6.36. The Labute approximate surface area is 134 Å². The molecule has 0 radical (unpaired) electrons. The molecular formula is C14H9Cl2FN4O. The number of aromatic nitrogens is 1. The summed E-state index contributed by atoms with van der Waals surface area (Å²) < 4.78 is 15.9. The monoisotopic (exact) mass is 338 g/mol. The van der Waals surface area contributed by atoms with Crippen LogP contribution in [0.1, 0.15) is 22.8 Å². The third-order valence-electron chi connectivity index (χ3n) is 3.68. The summed E-state index contributed by atoms with van der Waals surface area (Å²) in [6.45, 7) is 2.34. The first-order valence-corrected chi connectivity index (χ1v) is 7.12. The molecule has 1 aromatic carbocycles. The second-order valence-corrected chi connectivity index (χ2v) is 5.64. The number of halogens is 3. The molecule has 3 rings (SSSR count). The molecule has 0 unspecified atom stereocenters. The van der Waals surface area contributed by atoms with Gasteiger partial charge in [-0.05, 0) is 6.92 Å². The number of nitrogens with one attached hydrogen (secondary N) is 2. The number of nitriles is 1. The molecule has 0 fully saturated rings. The lowest BCUT2D eigenvalue weighted by Gasteiger charge is -2.16. The van der Waals surface area contributed by atoms with Crippen LogP contribution in [0.15, 0.2) is 0 Å². The van der Waals surface area contributed by atoms with Crippen LogP contribution >= 0.6 is 23.2 Å². The van der Waals surface area contributed by atoms with Crippen molar-refractivity contribution in [3.05, 3.63) is 32.5 Å². The van der Waals surface area contributed by atoms with Crippen molar-refractivity contribution in [3.8, 4) is 6.07 Å². The molecule has 0 bridgehead atoms. The summed E-state index contributed by atoms with van der Waals surface area (Å²) in [5.41, 5.74) is -0.254. The van der Waals surface area contributed by atoms with E-state index in [2.05, 4.69) is 5.32 Å². The van der Waals surface area contributed by atoms with Gasteiger partial charge in [-0.1, -0.05) is 23.2 Å². The normalized spacial score (nSPS) is 12.9. The number of pyridine rings is 1. The summed E-state index contributed by atoms with van der Waals surface area (Å²) >= 11 is 12.2. The fourth-order valence-corrected chi connectivity index (χ4v) is 3.34. The molecule has 112 valence electrons. The van der Waals surface area contributed by atoms with E-state index in [4.69, 9.17) is 33.9 Å². The number of carbonyl (C=O) groups is 1. The number of anilines is 1. The van der Waals surface area contributed by atoms with Gasteiger partial charge in [-0.2, -0.15) is 5.26 Å². The van der Waals surface area contributed by atoms with Gasteiger partial charge in [-0.25, -0.2) is 4.39 Å². The van der Waals surface area contributed by atoms with Gasteiger partial charge < -0.3 is 9.88 Å². The molecule has 0 saturated carbocycles. The smallest absolute Gasteiger partial charge is 0.164 e. The number of hydrogen-bond donors (Lipinski definition) is 2.